The summed E-state index contributed by atoms with van der Waals surface area (Å²) in [6.07, 6.45) is 1.60. The van der Waals surface area contributed by atoms with Gasteiger partial charge in [0, 0.05) is 25.4 Å². The highest BCUT2D eigenvalue weighted by Crippen LogP contribution is 2.19. The van der Waals surface area contributed by atoms with Crippen LogP contribution in [0.25, 0.3) is 11.0 Å². The zero-order valence-electron chi connectivity index (χ0n) is 16.9. The molecule has 3 rings (SSSR count). The van der Waals surface area contributed by atoms with Crippen LogP contribution < -0.4 is 10.1 Å². The van der Waals surface area contributed by atoms with Gasteiger partial charge in [0.25, 0.3) is 0 Å². The Hall–Kier alpha value is -2.82. The molecule has 0 spiro atoms. The van der Waals surface area contributed by atoms with Gasteiger partial charge in [-0.05, 0) is 37.1 Å². The summed E-state index contributed by atoms with van der Waals surface area (Å²) in [5, 5.41) is 2.98. The molecular weight excluding hydrogens is 350 g/mol. The van der Waals surface area contributed by atoms with E-state index in [-0.39, 0.29) is 11.8 Å². The van der Waals surface area contributed by atoms with E-state index in [4.69, 9.17) is 9.72 Å². The molecule has 1 amide bonds. The van der Waals surface area contributed by atoms with Gasteiger partial charge in [-0.1, -0.05) is 44.2 Å². The van der Waals surface area contributed by atoms with Crippen molar-refractivity contribution < 1.29 is 9.53 Å². The van der Waals surface area contributed by atoms with Gasteiger partial charge in [0.15, 0.2) is 0 Å². The monoisotopic (exact) mass is 379 g/mol. The molecule has 2 aromatic carbocycles. The zero-order valence-corrected chi connectivity index (χ0v) is 16.9. The van der Waals surface area contributed by atoms with Gasteiger partial charge < -0.3 is 14.6 Å². The van der Waals surface area contributed by atoms with Crippen molar-refractivity contribution in [1.82, 2.24) is 14.9 Å². The van der Waals surface area contributed by atoms with E-state index in [0.29, 0.717) is 19.6 Å². The Morgan fingerprint density at radius 2 is 1.89 bits per heavy atom. The summed E-state index contributed by atoms with van der Waals surface area (Å²) < 4.78 is 8.18. The van der Waals surface area contributed by atoms with Gasteiger partial charge in [-0.2, -0.15) is 0 Å². The number of fused-ring (bicyclic) bond motifs is 1. The molecule has 1 aromatic heterocycles. The van der Waals surface area contributed by atoms with Crippen molar-refractivity contribution in [2.45, 2.75) is 40.2 Å². The Bertz CT molecular complexity index is 930. The number of rotatable bonds is 9. The molecule has 0 aliphatic heterocycles. The first-order chi connectivity index (χ1) is 13.6. The van der Waals surface area contributed by atoms with Gasteiger partial charge in [0.2, 0.25) is 5.91 Å². The Kier molecular flexibility index (Phi) is 6.69. The summed E-state index contributed by atoms with van der Waals surface area (Å²) >= 11 is 0. The van der Waals surface area contributed by atoms with Crippen molar-refractivity contribution >= 4 is 16.9 Å². The lowest BCUT2D eigenvalue weighted by molar-refractivity contribution is -0.123. The third-order valence-corrected chi connectivity index (χ3v) is 4.78. The average molecular weight is 380 g/mol. The highest BCUT2D eigenvalue weighted by atomic mass is 16.5. The molecule has 5 heteroatoms. The maximum absolute atomic E-state index is 11.8. The molecular formula is C23H29N3O2. The fourth-order valence-corrected chi connectivity index (χ4v) is 3.19. The first-order valence-corrected chi connectivity index (χ1v) is 9.96. The fraction of sp³-hybridized carbons (Fsp3) is 0.391. The van der Waals surface area contributed by atoms with Crippen LogP contribution >= 0.6 is 0 Å². The first kappa shape index (κ1) is 19.9. The number of carbonyl (C=O) groups excluding carboxylic acids is 1. The number of para-hydroxylation sites is 3. The number of nitrogens with one attached hydrogen (secondary N) is 1. The van der Waals surface area contributed by atoms with Crippen molar-refractivity contribution in [2.24, 2.45) is 5.92 Å². The summed E-state index contributed by atoms with van der Waals surface area (Å²) in [6, 6.07) is 16.2. The number of hydrogen-bond donors (Lipinski definition) is 1. The van der Waals surface area contributed by atoms with E-state index in [9.17, 15) is 4.79 Å². The van der Waals surface area contributed by atoms with Crippen LogP contribution in [0, 0.1) is 12.8 Å². The van der Waals surface area contributed by atoms with Crippen LogP contribution in [0.1, 0.15) is 31.7 Å². The van der Waals surface area contributed by atoms with E-state index < -0.39 is 0 Å². The second-order valence-corrected chi connectivity index (χ2v) is 7.33. The molecule has 0 radical (unpaired) electrons. The summed E-state index contributed by atoms with van der Waals surface area (Å²) in [5.41, 5.74) is 3.27. The minimum atomic E-state index is -0.00240. The minimum Gasteiger partial charge on any atom is -0.493 e. The number of hydrogen-bond acceptors (Lipinski definition) is 3. The van der Waals surface area contributed by atoms with Gasteiger partial charge >= 0.3 is 0 Å². The van der Waals surface area contributed by atoms with E-state index in [1.54, 1.807) is 0 Å². The highest BCUT2D eigenvalue weighted by Gasteiger charge is 2.12. The third-order valence-electron chi connectivity index (χ3n) is 4.78. The number of aryl methyl sites for hydroxylation is 2. The van der Waals surface area contributed by atoms with Crippen molar-refractivity contribution in [3.8, 4) is 5.75 Å². The van der Waals surface area contributed by atoms with Gasteiger partial charge in [0.05, 0.1) is 17.6 Å². The second kappa shape index (κ2) is 9.40. The van der Waals surface area contributed by atoms with E-state index >= 15 is 0 Å². The Balaban J connectivity index is 1.63. The number of ether oxygens (including phenoxy) is 1. The molecule has 0 saturated carbocycles. The van der Waals surface area contributed by atoms with Crippen molar-refractivity contribution in [3.63, 3.8) is 0 Å². The topological polar surface area (TPSA) is 56.1 Å². The van der Waals surface area contributed by atoms with Crippen molar-refractivity contribution in [3.05, 3.63) is 59.9 Å². The highest BCUT2D eigenvalue weighted by molar-refractivity contribution is 5.78. The lowest BCUT2D eigenvalue weighted by Gasteiger charge is -2.12. The van der Waals surface area contributed by atoms with Crippen LogP contribution in [0.2, 0.25) is 0 Å². The standard InChI is InChI=1S/C23H29N3O2/c1-17(2)23(27)24-14-13-22-25-19-10-5-6-11-20(19)26(22)15-8-16-28-21-12-7-4-9-18(21)3/h4-7,9-12,17H,8,13-16H2,1-3H3,(H,24,27). The summed E-state index contributed by atoms with van der Waals surface area (Å²) in [4.78, 5) is 16.6. The minimum absolute atomic E-state index is 0.00240. The molecule has 0 aliphatic rings. The average Bonchev–Trinajstić information content (AvgIpc) is 3.04. The molecule has 0 saturated heterocycles. The number of aromatic nitrogens is 2. The lowest BCUT2D eigenvalue weighted by atomic mass is 10.2. The molecule has 3 aromatic rings. The molecule has 0 bridgehead atoms. The largest absolute Gasteiger partial charge is 0.493 e. The normalized spacial score (nSPS) is 11.1. The number of carbonyl (C=O) groups is 1. The molecule has 0 aliphatic carbocycles. The number of nitrogens with zero attached hydrogens (tertiary/aromatic N) is 2. The van der Waals surface area contributed by atoms with Crippen molar-refractivity contribution in [1.29, 1.82) is 0 Å². The van der Waals surface area contributed by atoms with Crippen LogP contribution in [0.4, 0.5) is 0 Å². The van der Waals surface area contributed by atoms with Crippen LogP contribution in [-0.4, -0.2) is 28.6 Å². The van der Waals surface area contributed by atoms with E-state index in [1.807, 2.05) is 50.2 Å². The van der Waals surface area contributed by atoms with Crippen LogP contribution in [0.3, 0.4) is 0 Å². The van der Waals surface area contributed by atoms with Crippen molar-refractivity contribution in [2.75, 3.05) is 13.2 Å². The number of amides is 1. The molecule has 28 heavy (non-hydrogen) atoms. The van der Waals surface area contributed by atoms with Crippen LogP contribution in [0.5, 0.6) is 5.75 Å². The molecule has 0 atom stereocenters. The maximum atomic E-state index is 11.8. The molecule has 0 unspecified atom stereocenters. The second-order valence-electron chi connectivity index (χ2n) is 7.33. The lowest BCUT2D eigenvalue weighted by Crippen LogP contribution is -2.30. The predicted octanol–water partition coefficient (Wildman–Crippen LogP) is 4.13. The first-order valence-electron chi connectivity index (χ1n) is 9.96. The summed E-state index contributed by atoms with van der Waals surface area (Å²) in [5.74, 6) is 2.02. The van der Waals surface area contributed by atoms with Gasteiger partial charge in [0.1, 0.15) is 11.6 Å². The maximum Gasteiger partial charge on any atom is 0.222 e. The molecule has 148 valence electrons. The Labute approximate surface area is 166 Å². The SMILES string of the molecule is Cc1ccccc1OCCCn1c(CCNC(=O)C(C)C)nc2ccccc21. The van der Waals surface area contributed by atoms with Gasteiger partial charge in [-0.25, -0.2) is 4.98 Å². The Morgan fingerprint density at radius 3 is 2.68 bits per heavy atom. The van der Waals surface area contributed by atoms with E-state index in [0.717, 1.165) is 41.1 Å². The summed E-state index contributed by atoms with van der Waals surface area (Å²) in [6.45, 7) is 7.95. The molecule has 0 fully saturated rings. The summed E-state index contributed by atoms with van der Waals surface area (Å²) in [7, 11) is 0. The van der Waals surface area contributed by atoms with Crippen LogP contribution in [0.15, 0.2) is 48.5 Å². The van der Waals surface area contributed by atoms with Gasteiger partial charge in [-0.15, -0.1) is 0 Å². The Morgan fingerprint density at radius 1 is 1.14 bits per heavy atom. The quantitative estimate of drug-likeness (QED) is 0.569. The predicted molar refractivity (Wildman–Crippen MR) is 113 cm³/mol. The molecule has 1 heterocycles. The molecule has 1 N–H and O–H groups in total. The number of benzene rings is 2. The molecule has 5 nitrogen and oxygen atoms in total. The van der Waals surface area contributed by atoms with Crippen LogP contribution in [-0.2, 0) is 17.8 Å². The van der Waals surface area contributed by atoms with Gasteiger partial charge in [-0.3, -0.25) is 4.79 Å². The fourth-order valence-electron chi connectivity index (χ4n) is 3.19. The van der Waals surface area contributed by atoms with E-state index in [2.05, 4.69) is 28.9 Å². The number of imidazole rings is 1. The third kappa shape index (κ3) is 4.91. The zero-order chi connectivity index (χ0) is 19.9. The van der Waals surface area contributed by atoms with E-state index in [1.165, 1.54) is 0 Å². The smallest absolute Gasteiger partial charge is 0.222 e.